The molecule has 0 heterocycles. The fourth-order valence-corrected chi connectivity index (χ4v) is 0.652. The van der Waals surface area contributed by atoms with E-state index in [4.69, 9.17) is 21.9 Å². The van der Waals surface area contributed by atoms with Gasteiger partial charge in [0.15, 0.2) is 0 Å². The van der Waals surface area contributed by atoms with Crippen LogP contribution in [0.4, 0.5) is 0 Å². The summed E-state index contributed by atoms with van der Waals surface area (Å²) >= 11 is 5.62. The number of amides is 1. The molecule has 0 aromatic heterocycles. The predicted molar refractivity (Wildman–Crippen MR) is 53.0 cm³/mol. The minimum atomic E-state index is -0.235. The first kappa shape index (κ1) is 16.6. The average molecular weight is 301 g/mol. The van der Waals surface area contributed by atoms with Crippen LogP contribution in [-0.2, 0) is 39.8 Å². The van der Waals surface area contributed by atoms with Gasteiger partial charge in [-0.15, -0.1) is 12.6 Å². The molecular formula is C7H13N3O2STc. The van der Waals surface area contributed by atoms with Gasteiger partial charge in [-0.05, 0) is 0 Å². The molecule has 81 valence electrons. The zero-order valence-corrected chi connectivity index (χ0v) is 10.6. The summed E-state index contributed by atoms with van der Waals surface area (Å²) in [4.78, 5) is 10.9. The molecule has 0 aliphatic carbocycles. The summed E-state index contributed by atoms with van der Waals surface area (Å²) in [5.41, 5.74) is 6.77. The summed E-state index contributed by atoms with van der Waals surface area (Å²) < 4.78 is 8.22. The molecule has 0 saturated heterocycles. The van der Waals surface area contributed by atoms with Crippen molar-refractivity contribution in [2.45, 2.75) is 13.0 Å². The van der Waals surface area contributed by atoms with Gasteiger partial charge in [-0.1, -0.05) is 6.92 Å². The van der Waals surface area contributed by atoms with E-state index in [0.717, 1.165) is 18.9 Å². The number of nitrogens with zero attached hydrogens (tertiary/aromatic N) is 2. The molecule has 7 heteroatoms. The summed E-state index contributed by atoms with van der Waals surface area (Å²) in [6.45, 7) is 2.53. The molecule has 0 saturated carbocycles. The van der Waals surface area contributed by atoms with Gasteiger partial charge in [0.1, 0.15) is 0 Å². The van der Waals surface area contributed by atoms with Crippen molar-refractivity contribution in [1.82, 2.24) is 0 Å². The van der Waals surface area contributed by atoms with E-state index in [2.05, 4.69) is 10.6 Å². The molecule has 0 bridgehead atoms. The van der Waals surface area contributed by atoms with E-state index < -0.39 is 0 Å². The number of rotatable bonds is 6. The Balaban J connectivity index is 0. The number of carbonyl (C=O) groups excluding carboxylic acids is 1. The minimum absolute atomic E-state index is 0.0845. The second kappa shape index (κ2) is 13.2. The van der Waals surface area contributed by atoms with Crippen LogP contribution in [0.2, 0.25) is 0 Å². The molecule has 0 rings (SSSR count). The Morgan fingerprint density at radius 1 is 1.57 bits per heavy atom. The topological polar surface area (TPSA) is 86.1 Å². The van der Waals surface area contributed by atoms with Crippen molar-refractivity contribution in [1.29, 1.82) is 0 Å². The van der Waals surface area contributed by atoms with E-state index in [0.29, 0.717) is 12.3 Å². The standard InChI is InChI=1S/C7H15N3OS.O.Tc/c1-6(5-12)10-7(11)4-9-3-2-8;;/h6,8H,2-5H2,1H3,(H2,10,11,12);;/q-2;;+4/p-2. The first-order valence-corrected chi connectivity index (χ1v) is 5.29. The van der Waals surface area contributed by atoms with Crippen molar-refractivity contribution < 1.29 is 27.2 Å². The Hall–Kier alpha value is 0.189. The number of nitrogens with one attached hydrogen (secondary N) is 1. The van der Waals surface area contributed by atoms with Gasteiger partial charge < -0.3 is 33.8 Å². The number of hydrogen-bond acceptors (Lipinski definition) is 3. The van der Waals surface area contributed by atoms with Crippen LogP contribution in [0, 0.1) is 0 Å². The molecule has 0 aliphatic heterocycles. The second-order valence-electron chi connectivity index (χ2n) is 2.39. The maximum atomic E-state index is 10.9. The Morgan fingerprint density at radius 2 is 2.14 bits per heavy atom. The maximum absolute atomic E-state index is 10.9. The number of hydrogen-bond donors (Lipinski definition) is 0. The summed E-state index contributed by atoms with van der Waals surface area (Å²) in [7, 11) is 0. The van der Waals surface area contributed by atoms with Crippen LogP contribution in [-0.4, -0.2) is 37.3 Å². The van der Waals surface area contributed by atoms with E-state index in [-0.39, 0.29) is 25.0 Å². The fourth-order valence-electron chi connectivity index (χ4n) is 0.578. The molecule has 1 amide bonds. The van der Waals surface area contributed by atoms with Crippen LogP contribution in [0.3, 0.4) is 0 Å². The summed E-state index contributed by atoms with van der Waals surface area (Å²) in [6.07, 6.45) is 0. The zero-order valence-electron chi connectivity index (χ0n) is 7.90. The Morgan fingerprint density at radius 3 is 2.57 bits per heavy atom. The quantitative estimate of drug-likeness (QED) is 0.544. The van der Waals surface area contributed by atoms with Gasteiger partial charge >= 0.3 is 22.4 Å². The molecule has 1 atom stereocenters. The number of carbonyl (C=O) groups is 1. The van der Waals surface area contributed by atoms with Gasteiger partial charge in [-0.25, -0.2) is 0 Å². The molecule has 0 aromatic rings. The van der Waals surface area contributed by atoms with Crippen LogP contribution >= 0.6 is 0 Å². The van der Waals surface area contributed by atoms with Gasteiger partial charge in [0.2, 0.25) is 0 Å². The summed E-state index contributed by atoms with van der Waals surface area (Å²) in [5, 5.41) is 7.58. The van der Waals surface area contributed by atoms with Crippen LogP contribution in [0.25, 0.3) is 16.4 Å². The van der Waals surface area contributed by atoms with E-state index >= 15 is 0 Å². The fraction of sp³-hybridized carbons (Fsp3) is 0.857. The third-order valence-electron chi connectivity index (χ3n) is 1.12. The van der Waals surface area contributed by atoms with E-state index in [1.54, 1.807) is 6.92 Å². The summed E-state index contributed by atoms with van der Waals surface area (Å²) in [6, 6.07) is -0.0845. The van der Waals surface area contributed by atoms with Gasteiger partial charge in [0, 0.05) is 5.91 Å². The Labute approximate surface area is 100 Å². The van der Waals surface area contributed by atoms with Crippen molar-refractivity contribution in [3.63, 3.8) is 0 Å². The molecule has 0 aromatic carbocycles. The van der Waals surface area contributed by atoms with E-state index in [1.165, 1.54) is 0 Å². The molecule has 1 N–H and O–H groups in total. The average Bonchev–Trinajstić information content (AvgIpc) is 2.21. The van der Waals surface area contributed by atoms with Crippen molar-refractivity contribution in [3.05, 3.63) is 16.4 Å². The van der Waals surface area contributed by atoms with Crippen LogP contribution in [0.5, 0.6) is 0 Å². The van der Waals surface area contributed by atoms with Crippen molar-refractivity contribution in [2.24, 2.45) is 0 Å². The monoisotopic (exact) mass is 300 g/mol. The molecule has 1 unspecified atom stereocenters. The van der Waals surface area contributed by atoms with Crippen LogP contribution < -0.4 is 0 Å². The predicted octanol–water partition coefficient (Wildman–Crippen LogP) is 1.13. The van der Waals surface area contributed by atoms with Gasteiger partial charge in [0.25, 0.3) is 0 Å². The first-order valence-electron chi connectivity index (χ1n) is 3.95. The Kier molecular flexibility index (Phi) is 15.7. The normalized spacial score (nSPS) is 11.2. The van der Waals surface area contributed by atoms with E-state index in [9.17, 15) is 4.79 Å². The van der Waals surface area contributed by atoms with Crippen LogP contribution in [0.15, 0.2) is 0 Å². The van der Waals surface area contributed by atoms with Gasteiger partial charge in [-0.3, -0.25) is 0 Å². The van der Waals surface area contributed by atoms with Crippen molar-refractivity contribution >= 4 is 18.5 Å². The van der Waals surface area contributed by atoms with Crippen LogP contribution in [0.1, 0.15) is 6.92 Å². The molecule has 0 aliphatic rings. The second-order valence-corrected chi connectivity index (χ2v) is 2.73. The van der Waals surface area contributed by atoms with Crippen molar-refractivity contribution in [3.8, 4) is 0 Å². The van der Waals surface area contributed by atoms with E-state index in [1.807, 2.05) is 0 Å². The van der Waals surface area contributed by atoms with Gasteiger partial charge in [0.05, 0.1) is 0 Å². The molecular weight excluding hydrogens is 288 g/mol. The Bertz CT molecular complexity index is 151. The molecule has 0 spiro atoms. The molecule has 0 radical (unpaired) electrons. The van der Waals surface area contributed by atoms with Gasteiger partial charge in [-0.2, -0.15) is 18.8 Å². The third-order valence-corrected chi connectivity index (χ3v) is 1.60. The molecule has 5 nitrogen and oxygen atoms in total. The SMILES string of the molecule is CC(C[S-])[N-]C(=O)C[N-]CC[NH-].[O]=[Tc+4]. The van der Waals surface area contributed by atoms with Crippen molar-refractivity contribution in [2.75, 3.05) is 25.4 Å². The molecule has 0 fully saturated rings. The first-order chi connectivity index (χ1) is 6.70. The summed E-state index contributed by atoms with van der Waals surface area (Å²) in [5.74, 6) is 0.227. The third kappa shape index (κ3) is 12.2. The zero-order chi connectivity index (χ0) is 11.4. The molecule has 14 heavy (non-hydrogen) atoms.